The predicted octanol–water partition coefficient (Wildman–Crippen LogP) is 1.64. The molecular weight excluding hydrogens is 214 g/mol. The van der Waals surface area contributed by atoms with E-state index < -0.39 is 0 Å². The first-order valence-corrected chi connectivity index (χ1v) is 6.59. The lowest BCUT2D eigenvalue weighted by Crippen LogP contribution is -2.31. The van der Waals surface area contributed by atoms with Crippen molar-refractivity contribution < 1.29 is 4.79 Å². The number of ketones is 1. The summed E-state index contributed by atoms with van der Waals surface area (Å²) in [4.78, 5) is 11.9. The minimum atomic E-state index is 0.295. The van der Waals surface area contributed by atoms with Crippen LogP contribution >= 0.6 is 0 Å². The van der Waals surface area contributed by atoms with E-state index in [1.54, 1.807) is 0 Å². The molecule has 4 nitrogen and oxygen atoms in total. The number of hydrogen-bond acceptors (Lipinski definition) is 3. The number of carbonyl (C=O) groups excluding carboxylic acids is 1. The maximum Gasteiger partial charge on any atom is 0.166 e. The van der Waals surface area contributed by atoms with Crippen molar-refractivity contribution in [3.63, 3.8) is 0 Å². The minimum Gasteiger partial charge on any atom is -0.317 e. The molecule has 17 heavy (non-hydrogen) atoms. The van der Waals surface area contributed by atoms with Crippen LogP contribution in [0.1, 0.15) is 53.5 Å². The molecule has 3 rings (SSSR count). The molecular formula is C13H19N3O. The Labute approximate surface area is 101 Å². The molecule has 1 fully saturated rings. The second kappa shape index (κ2) is 4.26. The molecule has 92 valence electrons. The fraction of sp³-hybridized carbons (Fsp3) is 0.692. The summed E-state index contributed by atoms with van der Waals surface area (Å²) in [6.45, 7) is 4.10. The number of aromatic nitrogens is 2. The van der Waals surface area contributed by atoms with E-state index in [-0.39, 0.29) is 0 Å². The maximum absolute atomic E-state index is 11.9. The Morgan fingerprint density at radius 3 is 2.82 bits per heavy atom. The molecule has 2 heterocycles. The van der Waals surface area contributed by atoms with Crippen LogP contribution in [0.3, 0.4) is 0 Å². The van der Waals surface area contributed by atoms with Gasteiger partial charge in [0.15, 0.2) is 5.78 Å². The van der Waals surface area contributed by atoms with Crippen molar-refractivity contribution in [2.24, 2.45) is 0 Å². The average Bonchev–Trinajstić information content (AvgIpc) is 2.69. The first-order chi connectivity index (χ1) is 8.27. The van der Waals surface area contributed by atoms with Gasteiger partial charge in [-0.15, -0.1) is 0 Å². The Hall–Kier alpha value is -1.16. The van der Waals surface area contributed by atoms with Crippen molar-refractivity contribution in [1.82, 2.24) is 15.1 Å². The number of hydrogen-bond donors (Lipinski definition) is 1. The number of carbonyl (C=O) groups is 1. The van der Waals surface area contributed by atoms with Gasteiger partial charge in [-0.2, -0.15) is 5.10 Å². The molecule has 0 bridgehead atoms. The van der Waals surface area contributed by atoms with E-state index in [0.29, 0.717) is 18.2 Å². The van der Waals surface area contributed by atoms with Gasteiger partial charge >= 0.3 is 0 Å². The summed E-state index contributed by atoms with van der Waals surface area (Å²) >= 11 is 0. The smallest absolute Gasteiger partial charge is 0.166 e. The Kier molecular flexibility index (Phi) is 2.74. The van der Waals surface area contributed by atoms with Gasteiger partial charge in [-0.25, -0.2) is 0 Å². The van der Waals surface area contributed by atoms with Crippen molar-refractivity contribution in [3.8, 4) is 0 Å². The van der Waals surface area contributed by atoms with Gasteiger partial charge in [0.25, 0.3) is 0 Å². The molecule has 0 aromatic carbocycles. The molecule has 1 aliphatic carbocycles. The monoisotopic (exact) mass is 233 g/mol. The predicted molar refractivity (Wildman–Crippen MR) is 65.4 cm³/mol. The van der Waals surface area contributed by atoms with Crippen LogP contribution < -0.4 is 5.32 Å². The Bertz CT molecular complexity index is 444. The highest BCUT2D eigenvalue weighted by molar-refractivity contribution is 5.99. The van der Waals surface area contributed by atoms with E-state index >= 15 is 0 Å². The molecule has 1 N–H and O–H groups in total. The van der Waals surface area contributed by atoms with Gasteiger partial charge in [-0.3, -0.25) is 9.48 Å². The largest absolute Gasteiger partial charge is 0.317 e. The lowest BCUT2D eigenvalue weighted by molar-refractivity contribution is 0.0971. The highest BCUT2D eigenvalue weighted by atomic mass is 16.1. The molecule has 0 unspecified atom stereocenters. The second-order valence-electron chi connectivity index (χ2n) is 5.11. The highest BCUT2D eigenvalue weighted by Crippen LogP contribution is 2.29. The van der Waals surface area contributed by atoms with Gasteiger partial charge in [-0.05, 0) is 45.7 Å². The van der Waals surface area contributed by atoms with Gasteiger partial charge in [-0.1, -0.05) is 0 Å². The molecule has 1 aliphatic heterocycles. The first kappa shape index (κ1) is 11.0. The van der Waals surface area contributed by atoms with E-state index in [1.165, 1.54) is 5.69 Å². The number of piperidine rings is 1. The summed E-state index contributed by atoms with van der Waals surface area (Å²) in [5.41, 5.74) is 3.06. The molecule has 4 heteroatoms. The maximum atomic E-state index is 11.9. The Balaban J connectivity index is 2.00. The van der Waals surface area contributed by atoms with Crippen LogP contribution in [0.5, 0.6) is 0 Å². The molecule has 2 aliphatic rings. The third kappa shape index (κ3) is 1.80. The number of nitrogens with zero attached hydrogens (tertiary/aromatic N) is 2. The molecule has 1 saturated heterocycles. The lowest BCUT2D eigenvalue weighted by atomic mass is 9.94. The number of Topliss-reactive ketones (excluding diaryl/α,β-unsaturated/α-hetero) is 1. The third-order valence-corrected chi connectivity index (χ3v) is 3.94. The summed E-state index contributed by atoms with van der Waals surface area (Å²) in [6.07, 6.45) is 4.96. The van der Waals surface area contributed by atoms with E-state index in [9.17, 15) is 4.79 Å². The molecule has 1 aromatic rings. The summed E-state index contributed by atoms with van der Waals surface area (Å²) in [6, 6.07) is 0.490. The number of fused-ring (bicyclic) bond motifs is 1. The Morgan fingerprint density at radius 1 is 1.29 bits per heavy atom. The summed E-state index contributed by atoms with van der Waals surface area (Å²) in [5, 5.41) is 8.01. The molecule has 0 atom stereocenters. The normalized spacial score (nSPS) is 21.6. The second-order valence-corrected chi connectivity index (χ2v) is 5.11. The zero-order valence-corrected chi connectivity index (χ0v) is 10.3. The van der Waals surface area contributed by atoms with E-state index in [0.717, 1.165) is 50.0 Å². The van der Waals surface area contributed by atoms with Gasteiger partial charge in [0.05, 0.1) is 17.3 Å². The SMILES string of the molecule is Cc1nn(C2CCNCC2)c2c1C(=O)CCC2. The van der Waals surface area contributed by atoms with Crippen molar-refractivity contribution in [1.29, 1.82) is 0 Å². The summed E-state index contributed by atoms with van der Waals surface area (Å²) in [5.74, 6) is 0.295. The Morgan fingerprint density at radius 2 is 2.06 bits per heavy atom. The van der Waals surface area contributed by atoms with Crippen molar-refractivity contribution in [2.75, 3.05) is 13.1 Å². The van der Waals surface area contributed by atoms with E-state index in [1.807, 2.05) is 6.92 Å². The molecule has 0 spiro atoms. The average molecular weight is 233 g/mol. The van der Waals surface area contributed by atoms with Crippen LogP contribution in [-0.4, -0.2) is 28.7 Å². The molecule has 0 amide bonds. The lowest BCUT2D eigenvalue weighted by Gasteiger charge is -2.25. The van der Waals surface area contributed by atoms with Crippen LogP contribution in [0.15, 0.2) is 0 Å². The highest BCUT2D eigenvalue weighted by Gasteiger charge is 2.28. The summed E-state index contributed by atoms with van der Waals surface area (Å²) < 4.78 is 2.16. The van der Waals surface area contributed by atoms with Gasteiger partial charge in [0.1, 0.15) is 0 Å². The van der Waals surface area contributed by atoms with Crippen LogP contribution in [0.2, 0.25) is 0 Å². The molecule has 0 radical (unpaired) electrons. The number of rotatable bonds is 1. The fourth-order valence-corrected chi connectivity index (χ4v) is 3.09. The van der Waals surface area contributed by atoms with Crippen molar-refractivity contribution in [2.45, 2.75) is 45.1 Å². The quantitative estimate of drug-likeness (QED) is 0.802. The van der Waals surface area contributed by atoms with Crippen LogP contribution in [-0.2, 0) is 6.42 Å². The molecule has 1 aromatic heterocycles. The van der Waals surface area contributed by atoms with Gasteiger partial charge in [0, 0.05) is 12.1 Å². The van der Waals surface area contributed by atoms with E-state index in [4.69, 9.17) is 0 Å². The number of nitrogens with one attached hydrogen (secondary N) is 1. The topological polar surface area (TPSA) is 46.9 Å². The fourth-order valence-electron chi connectivity index (χ4n) is 3.09. The van der Waals surface area contributed by atoms with Crippen molar-refractivity contribution >= 4 is 5.78 Å². The van der Waals surface area contributed by atoms with Gasteiger partial charge < -0.3 is 5.32 Å². The number of aryl methyl sites for hydroxylation is 1. The van der Waals surface area contributed by atoms with Crippen molar-refractivity contribution in [3.05, 3.63) is 17.0 Å². The van der Waals surface area contributed by atoms with Gasteiger partial charge in [0.2, 0.25) is 0 Å². The minimum absolute atomic E-state index is 0.295. The first-order valence-electron chi connectivity index (χ1n) is 6.59. The van der Waals surface area contributed by atoms with Crippen LogP contribution in [0, 0.1) is 6.92 Å². The van der Waals surface area contributed by atoms with Crippen LogP contribution in [0.4, 0.5) is 0 Å². The van der Waals surface area contributed by atoms with E-state index in [2.05, 4.69) is 15.1 Å². The molecule has 0 saturated carbocycles. The standard InChI is InChI=1S/C13H19N3O/c1-9-13-11(3-2-4-12(13)17)16(15-9)10-5-7-14-8-6-10/h10,14H,2-8H2,1H3. The van der Waals surface area contributed by atoms with Crippen LogP contribution in [0.25, 0.3) is 0 Å². The summed E-state index contributed by atoms with van der Waals surface area (Å²) in [7, 11) is 0. The third-order valence-electron chi connectivity index (χ3n) is 3.94. The zero-order valence-electron chi connectivity index (χ0n) is 10.3. The zero-order chi connectivity index (χ0) is 11.8.